The summed E-state index contributed by atoms with van der Waals surface area (Å²) in [5.41, 5.74) is 3.04. The third-order valence-electron chi connectivity index (χ3n) is 5.74. The average Bonchev–Trinajstić information content (AvgIpc) is 2.92. The lowest BCUT2D eigenvalue weighted by molar-refractivity contribution is 0.102. The summed E-state index contributed by atoms with van der Waals surface area (Å²) in [6, 6.07) is 31.0. The van der Waals surface area contributed by atoms with Gasteiger partial charge in [-0.3, -0.25) is 4.79 Å². The molecule has 4 aromatic carbocycles. The number of methoxy groups -OCH3 is 1. The first-order valence-corrected chi connectivity index (χ1v) is 11.4. The minimum absolute atomic E-state index is 0.291. The molecule has 0 unspecified atom stereocenters. The number of ether oxygens (including phenoxy) is 2. The van der Waals surface area contributed by atoms with E-state index in [2.05, 4.69) is 5.32 Å². The minimum atomic E-state index is -0.462. The molecule has 36 heavy (non-hydrogen) atoms. The van der Waals surface area contributed by atoms with Gasteiger partial charge in [-0.15, -0.1) is 0 Å². The van der Waals surface area contributed by atoms with Crippen LogP contribution >= 0.6 is 0 Å². The summed E-state index contributed by atoms with van der Waals surface area (Å²) in [6.07, 6.45) is 0. The summed E-state index contributed by atoms with van der Waals surface area (Å²) in [6.45, 7) is 0.410. The Morgan fingerprint density at radius 3 is 2.47 bits per heavy atom. The molecular weight excluding hydrogens is 454 g/mol. The molecule has 6 nitrogen and oxygen atoms in total. The molecule has 5 rings (SSSR count). The Labute approximate surface area is 207 Å². The quantitative estimate of drug-likeness (QED) is 0.278. The Morgan fingerprint density at radius 2 is 1.64 bits per heavy atom. The maximum Gasteiger partial charge on any atom is 0.344 e. The van der Waals surface area contributed by atoms with Gasteiger partial charge in [-0.05, 0) is 48.0 Å². The van der Waals surface area contributed by atoms with Crippen LogP contribution in [0.4, 0.5) is 5.69 Å². The highest BCUT2D eigenvalue weighted by Gasteiger charge is 2.15. The first-order chi connectivity index (χ1) is 17.6. The zero-order chi connectivity index (χ0) is 24.9. The fourth-order valence-electron chi connectivity index (χ4n) is 3.91. The minimum Gasteiger partial charge on any atom is -0.496 e. The smallest absolute Gasteiger partial charge is 0.344 e. The third kappa shape index (κ3) is 4.98. The molecule has 1 amide bonds. The molecule has 1 heterocycles. The van der Waals surface area contributed by atoms with E-state index in [0.717, 1.165) is 10.9 Å². The molecule has 1 N–H and O–H groups in total. The van der Waals surface area contributed by atoms with Gasteiger partial charge in [-0.1, -0.05) is 54.6 Å². The highest BCUT2D eigenvalue weighted by Crippen LogP contribution is 2.32. The van der Waals surface area contributed by atoms with Crippen molar-refractivity contribution in [1.29, 1.82) is 0 Å². The lowest BCUT2D eigenvalue weighted by atomic mass is 10.0. The zero-order valence-electron chi connectivity index (χ0n) is 19.6. The number of amides is 1. The summed E-state index contributed by atoms with van der Waals surface area (Å²) in [7, 11) is 1.51. The van der Waals surface area contributed by atoms with Gasteiger partial charge >= 0.3 is 5.63 Å². The number of carbonyl (C=O) groups is 1. The second kappa shape index (κ2) is 10.2. The van der Waals surface area contributed by atoms with Crippen molar-refractivity contribution in [2.75, 3.05) is 12.4 Å². The molecule has 0 aliphatic rings. The van der Waals surface area contributed by atoms with Crippen LogP contribution in [-0.4, -0.2) is 13.0 Å². The van der Waals surface area contributed by atoms with Gasteiger partial charge in [0.2, 0.25) is 0 Å². The number of hydrogen-bond acceptors (Lipinski definition) is 5. The van der Waals surface area contributed by atoms with E-state index in [0.29, 0.717) is 46.1 Å². The molecule has 0 spiro atoms. The summed E-state index contributed by atoms with van der Waals surface area (Å²) in [5.74, 6) is 0.748. The molecule has 0 atom stereocenters. The van der Waals surface area contributed by atoms with Gasteiger partial charge in [0.15, 0.2) is 0 Å². The average molecular weight is 478 g/mol. The number of carbonyl (C=O) groups excluding carboxylic acids is 1. The largest absolute Gasteiger partial charge is 0.496 e. The second-order valence-corrected chi connectivity index (χ2v) is 8.16. The standard InChI is InChI=1S/C30H23NO5/c1-34-28-18-23(14-15-25(28)26-17-21-10-5-6-13-27(21)36-30(26)33)31-29(32)22-11-7-12-24(16-22)35-19-20-8-3-2-4-9-20/h2-18H,19H2,1H3,(H,31,32). The van der Waals surface area contributed by atoms with E-state index < -0.39 is 5.63 Å². The molecule has 0 saturated carbocycles. The van der Waals surface area contributed by atoms with E-state index in [9.17, 15) is 9.59 Å². The van der Waals surface area contributed by atoms with Crippen LogP contribution in [0.1, 0.15) is 15.9 Å². The monoisotopic (exact) mass is 477 g/mol. The van der Waals surface area contributed by atoms with Crippen molar-refractivity contribution in [3.8, 4) is 22.6 Å². The molecule has 0 bridgehead atoms. The molecule has 5 aromatic rings. The topological polar surface area (TPSA) is 77.8 Å². The zero-order valence-corrected chi connectivity index (χ0v) is 19.6. The third-order valence-corrected chi connectivity index (χ3v) is 5.74. The molecule has 6 heteroatoms. The van der Waals surface area contributed by atoms with E-state index >= 15 is 0 Å². The summed E-state index contributed by atoms with van der Waals surface area (Å²) in [5, 5.41) is 3.69. The Morgan fingerprint density at radius 1 is 0.833 bits per heavy atom. The van der Waals surface area contributed by atoms with E-state index in [1.54, 1.807) is 48.5 Å². The van der Waals surface area contributed by atoms with Crippen molar-refractivity contribution in [3.63, 3.8) is 0 Å². The highest BCUT2D eigenvalue weighted by atomic mass is 16.5. The van der Waals surface area contributed by atoms with Gasteiger partial charge in [0.1, 0.15) is 23.7 Å². The van der Waals surface area contributed by atoms with E-state index in [-0.39, 0.29) is 5.91 Å². The number of nitrogens with one attached hydrogen (secondary N) is 1. The van der Waals surface area contributed by atoms with Crippen LogP contribution in [0.25, 0.3) is 22.1 Å². The van der Waals surface area contributed by atoms with E-state index in [1.165, 1.54) is 7.11 Å². The lowest BCUT2D eigenvalue weighted by Gasteiger charge is -2.12. The molecule has 0 aliphatic carbocycles. The van der Waals surface area contributed by atoms with Gasteiger partial charge in [0, 0.05) is 28.3 Å². The number of benzene rings is 4. The number of anilines is 1. The normalized spacial score (nSPS) is 10.7. The predicted octanol–water partition coefficient (Wildman–Crippen LogP) is 6.30. The lowest BCUT2D eigenvalue weighted by Crippen LogP contribution is -2.12. The number of fused-ring (bicyclic) bond motifs is 1. The van der Waals surface area contributed by atoms with Crippen LogP contribution in [0, 0.1) is 0 Å². The van der Waals surface area contributed by atoms with E-state index in [4.69, 9.17) is 13.9 Å². The van der Waals surface area contributed by atoms with Gasteiger partial charge in [-0.25, -0.2) is 4.79 Å². The molecule has 0 radical (unpaired) electrons. The van der Waals surface area contributed by atoms with Gasteiger partial charge in [0.05, 0.1) is 12.7 Å². The Bertz CT molecular complexity index is 1590. The Hall–Kier alpha value is -4.84. The van der Waals surface area contributed by atoms with Crippen LogP contribution in [0.15, 0.2) is 112 Å². The van der Waals surface area contributed by atoms with E-state index in [1.807, 2.05) is 54.6 Å². The van der Waals surface area contributed by atoms with Crippen molar-refractivity contribution in [2.24, 2.45) is 0 Å². The number of hydrogen-bond donors (Lipinski definition) is 1. The van der Waals surface area contributed by atoms with Crippen molar-refractivity contribution < 1.29 is 18.7 Å². The first kappa shape index (κ1) is 22.9. The van der Waals surface area contributed by atoms with Crippen LogP contribution in [-0.2, 0) is 6.61 Å². The molecule has 0 aliphatic heterocycles. The highest BCUT2D eigenvalue weighted by molar-refractivity contribution is 6.04. The molecule has 0 fully saturated rings. The summed E-state index contributed by atoms with van der Waals surface area (Å²) >= 11 is 0. The van der Waals surface area contributed by atoms with Gasteiger partial charge in [-0.2, -0.15) is 0 Å². The van der Waals surface area contributed by atoms with Crippen molar-refractivity contribution in [2.45, 2.75) is 6.61 Å². The van der Waals surface area contributed by atoms with Crippen LogP contribution in [0.5, 0.6) is 11.5 Å². The van der Waals surface area contributed by atoms with Crippen molar-refractivity contribution >= 4 is 22.6 Å². The number of para-hydroxylation sites is 1. The van der Waals surface area contributed by atoms with Crippen molar-refractivity contribution in [1.82, 2.24) is 0 Å². The first-order valence-electron chi connectivity index (χ1n) is 11.4. The summed E-state index contributed by atoms with van der Waals surface area (Å²) in [4.78, 5) is 25.5. The fourth-order valence-corrected chi connectivity index (χ4v) is 3.91. The fraction of sp³-hybridized carbons (Fsp3) is 0.0667. The summed E-state index contributed by atoms with van der Waals surface area (Å²) < 4.78 is 16.8. The van der Waals surface area contributed by atoms with Gasteiger partial charge in [0.25, 0.3) is 5.91 Å². The SMILES string of the molecule is COc1cc(NC(=O)c2cccc(OCc3ccccc3)c2)ccc1-c1cc2ccccc2oc1=O. The predicted molar refractivity (Wildman–Crippen MR) is 140 cm³/mol. The van der Waals surface area contributed by atoms with Crippen LogP contribution in [0.3, 0.4) is 0 Å². The van der Waals surface area contributed by atoms with Crippen LogP contribution in [0.2, 0.25) is 0 Å². The van der Waals surface area contributed by atoms with Crippen molar-refractivity contribution in [3.05, 3.63) is 125 Å². The Balaban J connectivity index is 1.35. The van der Waals surface area contributed by atoms with Gasteiger partial charge < -0.3 is 19.2 Å². The Kier molecular flexibility index (Phi) is 6.49. The number of rotatable bonds is 7. The van der Waals surface area contributed by atoms with Crippen LogP contribution < -0.4 is 20.4 Å². The molecule has 0 saturated heterocycles. The maximum atomic E-state index is 12.9. The molecule has 178 valence electrons. The second-order valence-electron chi connectivity index (χ2n) is 8.16. The maximum absolute atomic E-state index is 12.9. The molecular formula is C30H23NO5. The molecule has 1 aromatic heterocycles.